The molecule has 0 aliphatic carbocycles. The highest BCUT2D eigenvalue weighted by atomic mass is 19.1. The van der Waals surface area contributed by atoms with Crippen LogP contribution in [-0.4, -0.2) is 18.4 Å². The van der Waals surface area contributed by atoms with Gasteiger partial charge in [-0.15, -0.1) is 0 Å². The average Bonchev–Trinajstić information content (AvgIpc) is 3.13. The molecule has 1 heterocycles. The highest BCUT2D eigenvalue weighted by Gasteiger charge is 2.23. The van der Waals surface area contributed by atoms with Crippen molar-refractivity contribution in [1.29, 1.82) is 0 Å². The monoisotopic (exact) mass is 390 g/mol. The standard InChI is InChI=1S/C23H19FN2O3/c1-15(27)26-12-11-16-13-17(9-10-21(16)26)23(28)25-20-7-2-3-8-22(20)29-19-6-4-5-18(24)14-19/h2-10,13-14H,11-12H2,1H3,(H,25,28). The molecule has 1 aliphatic rings. The number of nitrogens with zero attached hydrogens (tertiary/aromatic N) is 1. The molecule has 29 heavy (non-hydrogen) atoms. The molecular formula is C23H19FN2O3. The topological polar surface area (TPSA) is 58.6 Å². The van der Waals surface area contributed by atoms with E-state index in [1.807, 2.05) is 6.07 Å². The number of halogens is 1. The van der Waals surface area contributed by atoms with Crippen molar-refractivity contribution in [2.24, 2.45) is 0 Å². The van der Waals surface area contributed by atoms with Crippen molar-refractivity contribution in [2.75, 3.05) is 16.8 Å². The van der Waals surface area contributed by atoms with Gasteiger partial charge in [-0.25, -0.2) is 4.39 Å². The first-order valence-corrected chi connectivity index (χ1v) is 9.26. The van der Waals surface area contributed by atoms with Gasteiger partial charge in [-0.3, -0.25) is 9.59 Å². The number of carbonyl (C=O) groups is 2. The number of hydrogen-bond donors (Lipinski definition) is 1. The van der Waals surface area contributed by atoms with Gasteiger partial charge in [-0.05, 0) is 54.4 Å². The second-order valence-corrected chi connectivity index (χ2v) is 6.77. The molecule has 0 aromatic heterocycles. The fourth-order valence-corrected chi connectivity index (χ4v) is 3.38. The Labute approximate surface area is 167 Å². The zero-order valence-electron chi connectivity index (χ0n) is 15.8. The van der Waals surface area contributed by atoms with E-state index < -0.39 is 5.82 Å². The van der Waals surface area contributed by atoms with Crippen molar-refractivity contribution in [2.45, 2.75) is 13.3 Å². The van der Waals surface area contributed by atoms with Crippen molar-refractivity contribution >= 4 is 23.2 Å². The number of hydrogen-bond acceptors (Lipinski definition) is 3. The first-order chi connectivity index (χ1) is 14.0. The molecule has 0 saturated heterocycles. The molecule has 1 N–H and O–H groups in total. The van der Waals surface area contributed by atoms with Crippen LogP contribution in [0.5, 0.6) is 11.5 Å². The van der Waals surface area contributed by atoms with E-state index in [4.69, 9.17) is 4.74 Å². The Morgan fingerprint density at radius 1 is 1.03 bits per heavy atom. The van der Waals surface area contributed by atoms with Crippen LogP contribution in [0.2, 0.25) is 0 Å². The number of nitrogens with one attached hydrogen (secondary N) is 1. The minimum Gasteiger partial charge on any atom is -0.455 e. The first-order valence-electron chi connectivity index (χ1n) is 9.26. The van der Waals surface area contributed by atoms with E-state index in [2.05, 4.69) is 5.32 Å². The summed E-state index contributed by atoms with van der Waals surface area (Å²) < 4.78 is 19.2. The zero-order chi connectivity index (χ0) is 20.4. The SMILES string of the molecule is CC(=O)N1CCc2cc(C(=O)Nc3ccccc3Oc3cccc(F)c3)ccc21. The lowest BCUT2D eigenvalue weighted by atomic mass is 10.1. The highest BCUT2D eigenvalue weighted by Crippen LogP contribution is 2.31. The molecule has 5 nitrogen and oxygen atoms in total. The van der Waals surface area contributed by atoms with Gasteiger partial charge >= 0.3 is 0 Å². The third kappa shape index (κ3) is 3.96. The molecule has 2 amide bonds. The van der Waals surface area contributed by atoms with Gasteiger partial charge in [0.15, 0.2) is 5.75 Å². The van der Waals surface area contributed by atoms with Crippen molar-refractivity contribution in [3.8, 4) is 11.5 Å². The Hall–Kier alpha value is -3.67. The molecule has 3 aromatic carbocycles. The number of anilines is 2. The normalized spacial score (nSPS) is 12.4. The van der Waals surface area contributed by atoms with Gasteiger partial charge in [0.1, 0.15) is 11.6 Å². The third-order valence-electron chi connectivity index (χ3n) is 4.78. The lowest BCUT2D eigenvalue weighted by molar-refractivity contribution is -0.116. The molecule has 0 fully saturated rings. The molecular weight excluding hydrogens is 371 g/mol. The smallest absolute Gasteiger partial charge is 0.255 e. The highest BCUT2D eigenvalue weighted by molar-refractivity contribution is 6.06. The molecule has 6 heteroatoms. The van der Waals surface area contributed by atoms with Crippen LogP contribution in [0, 0.1) is 5.82 Å². The predicted octanol–water partition coefficient (Wildman–Crippen LogP) is 4.78. The molecule has 0 saturated carbocycles. The summed E-state index contributed by atoms with van der Waals surface area (Å²) in [7, 11) is 0. The Bertz CT molecular complexity index is 1100. The Balaban J connectivity index is 1.54. The van der Waals surface area contributed by atoms with Gasteiger partial charge in [0, 0.05) is 30.8 Å². The Kier molecular flexibility index (Phi) is 4.99. The van der Waals surface area contributed by atoms with Gasteiger partial charge in [-0.1, -0.05) is 18.2 Å². The van der Waals surface area contributed by atoms with Crippen LogP contribution in [0.3, 0.4) is 0 Å². The van der Waals surface area contributed by atoms with Gasteiger partial charge in [-0.2, -0.15) is 0 Å². The van der Waals surface area contributed by atoms with Crippen LogP contribution in [0.4, 0.5) is 15.8 Å². The minimum absolute atomic E-state index is 0.00984. The fraction of sp³-hybridized carbons (Fsp3) is 0.130. The lowest BCUT2D eigenvalue weighted by Gasteiger charge is -2.15. The number of carbonyl (C=O) groups excluding carboxylic acids is 2. The summed E-state index contributed by atoms with van der Waals surface area (Å²) in [6.07, 6.45) is 0.718. The van der Waals surface area contributed by atoms with E-state index in [9.17, 15) is 14.0 Å². The van der Waals surface area contributed by atoms with Crippen LogP contribution in [0.15, 0.2) is 66.7 Å². The maximum absolute atomic E-state index is 13.4. The van der Waals surface area contributed by atoms with Crippen LogP contribution in [-0.2, 0) is 11.2 Å². The summed E-state index contributed by atoms with van der Waals surface area (Å²) in [6.45, 7) is 2.16. The van der Waals surface area contributed by atoms with E-state index in [-0.39, 0.29) is 11.8 Å². The second-order valence-electron chi connectivity index (χ2n) is 6.77. The predicted molar refractivity (Wildman–Crippen MR) is 109 cm³/mol. The summed E-state index contributed by atoms with van der Waals surface area (Å²) in [4.78, 5) is 26.2. The van der Waals surface area contributed by atoms with E-state index in [0.29, 0.717) is 29.3 Å². The number of benzene rings is 3. The lowest BCUT2D eigenvalue weighted by Crippen LogP contribution is -2.25. The summed E-state index contributed by atoms with van der Waals surface area (Å²) in [5.74, 6) is 0.0550. The van der Waals surface area contributed by atoms with Gasteiger partial charge < -0.3 is 15.0 Å². The number of fused-ring (bicyclic) bond motifs is 1. The van der Waals surface area contributed by atoms with E-state index in [1.54, 1.807) is 53.4 Å². The summed E-state index contributed by atoms with van der Waals surface area (Å²) in [5, 5.41) is 2.85. The maximum atomic E-state index is 13.4. The molecule has 1 aliphatic heterocycles. The Morgan fingerprint density at radius 3 is 2.66 bits per heavy atom. The van der Waals surface area contributed by atoms with Crippen molar-refractivity contribution in [3.63, 3.8) is 0 Å². The molecule has 0 bridgehead atoms. The molecule has 3 aromatic rings. The van der Waals surface area contributed by atoms with E-state index in [0.717, 1.165) is 17.7 Å². The van der Waals surface area contributed by atoms with Crippen LogP contribution >= 0.6 is 0 Å². The molecule has 0 atom stereocenters. The summed E-state index contributed by atoms with van der Waals surface area (Å²) >= 11 is 0. The van der Waals surface area contributed by atoms with E-state index >= 15 is 0 Å². The van der Waals surface area contributed by atoms with Crippen molar-refractivity contribution < 1.29 is 18.7 Å². The molecule has 0 radical (unpaired) electrons. The summed E-state index contributed by atoms with van der Waals surface area (Å²) in [6, 6.07) is 18.1. The quantitative estimate of drug-likeness (QED) is 0.698. The molecule has 146 valence electrons. The largest absolute Gasteiger partial charge is 0.455 e. The number of para-hydroxylation sites is 2. The van der Waals surface area contributed by atoms with Gasteiger partial charge in [0.25, 0.3) is 5.91 Å². The molecule has 0 unspecified atom stereocenters. The third-order valence-corrected chi connectivity index (χ3v) is 4.78. The minimum atomic E-state index is -0.401. The molecule has 0 spiro atoms. The number of amides is 2. The van der Waals surface area contributed by atoms with Crippen LogP contribution < -0.4 is 15.0 Å². The maximum Gasteiger partial charge on any atom is 0.255 e. The zero-order valence-corrected chi connectivity index (χ0v) is 15.8. The Morgan fingerprint density at radius 2 is 1.86 bits per heavy atom. The summed E-state index contributed by atoms with van der Waals surface area (Å²) in [5.41, 5.74) is 2.79. The van der Waals surface area contributed by atoms with Gasteiger partial charge in [0.2, 0.25) is 5.91 Å². The van der Waals surface area contributed by atoms with Crippen LogP contribution in [0.1, 0.15) is 22.8 Å². The van der Waals surface area contributed by atoms with Gasteiger partial charge in [0.05, 0.1) is 5.69 Å². The van der Waals surface area contributed by atoms with Crippen LogP contribution in [0.25, 0.3) is 0 Å². The van der Waals surface area contributed by atoms with E-state index in [1.165, 1.54) is 19.1 Å². The average molecular weight is 390 g/mol. The second kappa shape index (κ2) is 7.75. The molecule has 4 rings (SSSR count). The van der Waals surface area contributed by atoms with Crippen molar-refractivity contribution in [3.05, 3.63) is 83.7 Å². The number of ether oxygens (including phenoxy) is 1. The first kappa shape index (κ1) is 18.7. The van der Waals surface area contributed by atoms with Crippen molar-refractivity contribution in [1.82, 2.24) is 0 Å². The fourth-order valence-electron chi connectivity index (χ4n) is 3.38. The number of rotatable bonds is 4.